The van der Waals surface area contributed by atoms with Crippen LogP contribution >= 0.6 is 0 Å². The molecule has 1 heterocycles. The van der Waals surface area contributed by atoms with Crippen molar-refractivity contribution < 1.29 is 0 Å². The minimum Gasteiger partial charge on any atom is -0.328 e. The van der Waals surface area contributed by atoms with Crippen LogP contribution in [-0.4, -0.2) is 33.8 Å². The molecule has 0 spiro atoms. The Balaban J connectivity index is 1.62. The summed E-state index contributed by atoms with van der Waals surface area (Å²) >= 11 is 0. The molecule has 3 rings (SSSR count). The fraction of sp³-hybridized carbons (Fsp3) is 0.471. The molecule has 21 heavy (non-hydrogen) atoms. The average Bonchev–Trinajstić information content (AvgIpc) is 2.97. The zero-order valence-corrected chi connectivity index (χ0v) is 12.7. The van der Waals surface area contributed by atoms with Crippen molar-refractivity contribution in [2.24, 2.45) is 5.73 Å². The quantitative estimate of drug-likeness (QED) is 0.938. The van der Waals surface area contributed by atoms with Crippen molar-refractivity contribution in [3.05, 3.63) is 48.3 Å². The van der Waals surface area contributed by atoms with Crippen molar-refractivity contribution >= 4 is 0 Å². The van der Waals surface area contributed by atoms with Crippen molar-refractivity contribution in [2.75, 3.05) is 7.05 Å². The van der Waals surface area contributed by atoms with E-state index < -0.39 is 0 Å². The molecule has 2 N–H and O–H groups in total. The van der Waals surface area contributed by atoms with Gasteiger partial charge in [0.05, 0.1) is 11.4 Å². The molecule has 1 saturated carbocycles. The van der Waals surface area contributed by atoms with E-state index in [1.807, 2.05) is 29.1 Å². The van der Waals surface area contributed by atoms with E-state index in [2.05, 4.69) is 35.2 Å². The maximum atomic E-state index is 5.98. The van der Waals surface area contributed by atoms with Crippen LogP contribution in [0, 0.1) is 0 Å². The van der Waals surface area contributed by atoms with Crippen LogP contribution in [0.1, 0.15) is 31.4 Å². The average molecular weight is 284 g/mol. The summed E-state index contributed by atoms with van der Waals surface area (Å²) in [5.41, 5.74) is 8.21. The fourth-order valence-electron chi connectivity index (χ4n) is 3.10. The van der Waals surface area contributed by atoms with E-state index in [1.54, 1.807) is 0 Å². The van der Waals surface area contributed by atoms with Crippen LogP contribution in [0.4, 0.5) is 0 Å². The molecule has 0 saturated heterocycles. The Hall–Kier alpha value is -1.65. The number of benzene rings is 1. The normalized spacial score (nSPS) is 22.6. The van der Waals surface area contributed by atoms with Gasteiger partial charge in [-0.2, -0.15) is 5.10 Å². The second kappa shape index (κ2) is 6.41. The lowest BCUT2D eigenvalue weighted by Gasteiger charge is -2.33. The van der Waals surface area contributed by atoms with E-state index in [4.69, 9.17) is 5.73 Å². The molecule has 0 aliphatic heterocycles. The predicted molar refractivity (Wildman–Crippen MR) is 85.3 cm³/mol. The predicted octanol–water partition coefficient (Wildman–Crippen LogP) is 2.57. The molecule has 1 aliphatic rings. The number of nitrogens with zero attached hydrogens (tertiary/aromatic N) is 3. The molecule has 0 bridgehead atoms. The van der Waals surface area contributed by atoms with Crippen LogP contribution < -0.4 is 5.73 Å². The molecule has 0 unspecified atom stereocenters. The molecule has 1 fully saturated rings. The molecule has 4 heteroatoms. The smallest absolute Gasteiger partial charge is 0.0769 e. The molecule has 1 aliphatic carbocycles. The third kappa shape index (κ3) is 3.52. The Kier molecular flexibility index (Phi) is 4.36. The van der Waals surface area contributed by atoms with Gasteiger partial charge < -0.3 is 5.73 Å². The van der Waals surface area contributed by atoms with Gasteiger partial charge in [-0.15, -0.1) is 0 Å². The summed E-state index contributed by atoms with van der Waals surface area (Å²) in [6, 6.07) is 13.4. The first kappa shape index (κ1) is 14.3. The van der Waals surface area contributed by atoms with Crippen LogP contribution in [0.5, 0.6) is 0 Å². The molecule has 112 valence electrons. The monoisotopic (exact) mass is 284 g/mol. The number of para-hydroxylation sites is 1. The van der Waals surface area contributed by atoms with E-state index in [0.29, 0.717) is 12.1 Å². The van der Waals surface area contributed by atoms with Crippen molar-refractivity contribution in [2.45, 2.75) is 44.3 Å². The first-order valence-electron chi connectivity index (χ1n) is 7.78. The SMILES string of the molecule is CN(Cc1ccn(-c2ccccc2)n1)C1CCC(N)CC1. The number of nitrogens with two attached hydrogens (primary N) is 1. The van der Waals surface area contributed by atoms with Gasteiger partial charge in [0.2, 0.25) is 0 Å². The number of aromatic nitrogens is 2. The van der Waals surface area contributed by atoms with Crippen molar-refractivity contribution in [3.8, 4) is 5.69 Å². The summed E-state index contributed by atoms with van der Waals surface area (Å²) < 4.78 is 1.94. The lowest BCUT2D eigenvalue weighted by atomic mass is 9.91. The Morgan fingerprint density at radius 1 is 1.14 bits per heavy atom. The third-order valence-corrected chi connectivity index (χ3v) is 4.44. The summed E-state index contributed by atoms with van der Waals surface area (Å²) in [5.74, 6) is 0. The van der Waals surface area contributed by atoms with E-state index in [9.17, 15) is 0 Å². The van der Waals surface area contributed by atoms with Gasteiger partial charge in [-0.25, -0.2) is 4.68 Å². The van der Waals surface area contributed by atoms with Gasteiger partial charge in [-0.3, -0.25) is 4.90 Å². The second-order valence-corrected chi connectivity index (χ2v) is 6.07. The molecular formula is C17H24N4. The topological polar surface area (TPSA) is 47.1 Å². The highest BCUT2D eigenvalue weighted by Crippen LogP contribution is 2.22. The van der Waals surface area contributed by atoms with Gasteiger partial charge in [0, 0.05) is 24.8 Å². The van der Waals surface area contributed by atoms with Crippen molar-refractivity contribution in [1.82, 2.24) is 14.7 Å². The lowest BCUT2D eigenvalue weighted by Crippen LogP contribution is -2.38. The van der Waals surface area contributed by atoms with Gasteiger partial charge in [-0.05, 0) is 50.9 Å². The summed E-state index contributed by atoms with van der Waals surface area (Å²) in [5, 5.41) is 4.68. The molecule has 0 atom stereocenters. The van der Waals surface area contributed by atoms with E-state index >= 15 is 0 Å². The maximum Gasteiger partial charge on any atom is 0.0769 e. The highest BCUT2D eigenvalue weighted by molar-refractivity contribution is 5.30. The summed E-state index contributed by atoms with van der Waals surface area (Å²) in [6.07, 6.45) is 6.74. The molecular weight excluding hydrogens is 260 g/mol. The summed E-state index contributed by atoms with van der Waals surface area (Å²) in [6.45, 7) is 0.903. The van der Waals surface area contributed by atoms with Crippen LogP contribution in [0.3, 0.4) is 0 Å². The van der Waals surface area contributed by atoms with Crippen LogP contribution in [0.25, 0.3) is 5.69 Å². The molecule has 0 radical (unpaired) electrons. The van der Waals surface area contributed by atoms with Crippen LogP contribution in [0.15, 0.2) is 42.6 Å². The Labute approximate surface area is 126 Å². The van der Waals surface area contributed by atoms with Crippen LogP contribution in [-0.2, 0) is 6.54 Å². The minimum absolute atomic E-state index is 0.409. The number of hydrogen-bond acceptors (Lipinski definition) is 3. The molecule has 2 aromatic rings. The number of rotatable bonds is 4. The van der Waals surface area contributed by atoms with E-state index in [-0.39, 0.29) is 0 Å². The maximum absolute atomic E-state index is 5.98. The molecule has 4 nitrogen and oxygen atoms in total. The summed E-state index contributed by atoms with van der Waals surface area (Å²) in [7, 11) is 2.20. The standard InChI is InChI=1S/C17H24N4/c1-20(16-9-7-14(18)8-10-16)13-15-11-12-21(19-15)17-5-3-2-4-6-17/h2-6,11-12,14,16H,7-10,13,18H2,1H3. The van der Waals surface area contributed by atoms with Gasteiger partial charge in [-0.1, -0.05) is 18.2 Å². The zero-order chi connectivity index (χ0) is 14.7. The molecule has 0 amide bonds. The Morgan fingerprint density at radius 3 is 2.57 bits per heavy atom. The highest BCUT2D eigenvalue weighted by atomic mass is 15.3. The zero-order valence-electron chi connectivity index (χ0n) is 12.7. The van der Waals surface area contributed by atoms with E-state index in [1.165, 1.54) is 12.8 Å². The Bertz CT molecular complexity index is 555. The van der Waals surface area contributed by atoms with Gasteiger partial charge in [0.1, 0.15) is 0 Å². The van der Waals surface area contributed by atoms with E-state index in [0.717, 1.165) is 30.8 Å². The summed E-state index contributed by atoms with van der Waals surface area (Å²) in [4.78, 5) is 2.42. The van der Waals surface area contributed by atoms with Crippen LogP contribution in [0.2, 0.25) is 0 Å². The Morgan fingerprint density at radius 2 is 1.86 bits per heavy atom. The van der Waals surface area contributed by atoms with Crippen molar-refractivity contribution in [1.29, 1.82) is 0 Å². The molecule has 1 aromatic carbocycles. The van der Waals surface area contributed by atoms with Gasteiger partial charge >= 0.3 is 0 Å². The van der Waals surface area contributed by atoms with Crippen molar-refractivity contribution in [3.63, 3.8) is 0 Å². The van der Waals surface area contributed by atoms with Gasteiger partial charge in [0.15, 0.2) is 0 Å². The third-order valence-electron chi connectivity index (χ3n) is 4.44. The first-order chi connectivity index (χ1) is 10.2. The second-order valence-electron chi connectivity index (χ2n) is 6.07. The molecule has 1 aromatic heterocycles. The highest BCUT2D eigenvalue weighted by Gasteiger charge is 2.22. The fourth-order valence-corrected chi connectivity index (χ4v) is 3.10. The number of hydrogen-bond donors (Lipinski definition) is 1. The lowest BCUT2D eigenvalue weighted by molar-refractivity contribution is 0.174. The largest absolute Gasteiger partial charge is 0.328 e. The minimum atomic E-state index is 0.409. The first-order valence-corrected chi connectivity index (χ1v) is 7.78. The van der Waals surface area contributed by atoms with Gasteiger partial charge in [0.25, 0.3) is 0 Å².